The van der Waals surface area contributed by atoms with Gasteiger partial charge in [0.05, 0.1) is 101 Å². The second-order valence-electron chi connectivity index (χ2n) is 40.0. The van der Waals surface area contributed by atoms with E-state index in [9.17, 15) is 166 Å². The predicted molar refractivity (Wildman–Crippen MR) is 510 cm³/mol. The van der Waals surface area contributed by atoms with E-state index in [0.29, 0.717) is 12.8 Å². The van der Waals surface area contributed by atoms with Crippen LogP contribution in [0.1, 0.15) is 253 Å². The highest BCUT2D eigenvalue weighted by Crippen LogP contribution is 2.45. The number of unbranched alkanes of at least 4 members (excludes halogenated alkanes) is 27. The molecule has 864 valence electrons. The van der Waals surface area contributed by atoms with Crippen LogP contribution in [0.3, 0.4) is 0 Å². The second-order valence-corrected chi connectivity index (χ2v) is 40.0. The summed E-state index contributed by atoms with van der Waals surface area (Å²) in [4.78, 5) is 108. The molecule has 0 radical (unpaired) electrons. The van der Waals surface area contributed by atoms with Crippen molar-refractivity contribution in [2.75, 3.05) is 52.9 Å². The molecule has 0 saturated carbocycles. The molecule has 0 spiro atoms. The van der Waals surface area contributed by atoms with Crippen LogP contribution < -0.4 is 26.6 Å². The molecule has 52 nitrogen and oxygen atoms in total. The Kier molecular flexibility index (Phi) is 56.4. The number of aliphatic hydroxyl groups excluding tert-OH is 22. The van der Waals surface area contributed by atoms with Gasteiger partial charge in [-0.15, -0.1) is 0 Å². The zero-order valence-electron chi connectivity index (χ0n) is 85.7. The van der Waals surface area contributed by atoms with Gasteiger partial charge in [0.15, 0.2) is 25.2 Å². The Bertz CT molecular complexity index is 3960. The lowest BCUT2D eigenvalue weighted by atomic mass is 9.88. The molecular weight excluding hydrogens is 1990 g/mol. The maximum Gasteiger partial charge on any atom is 0.364 e. The first-order valence-electron chi connectivity index (χ1n) is 52.4. The number of carboxylic acid groups (broad SMARTS) is 3. The van der Waals surface area contributed by atoms with Gasteiger partial charge in [-0.3, -0.25) is 24.0 Å². The topological polar surface area (TPSA) is 832 Å². The Morgan fingerprint density at radius 3 is 1.10 bits per heavy atom. The molecule has 7 aliphatic heterocycles. The molecule has 7 saturated heterocycles. The highest BCUT2D eigenvalue weighted by Gasteiger charge is 2.66. The third kappa shape index (κ3) is 37.4. The van der Waals surface area contributed by atoms with Crippen LogP contribution in [0.5, 0.6) is 0 Å². The molecule has 7 rings (SSSR count). The van der Waals surface area contributed by atoms with Crippen LogP contribution in [-0.2, 0) is 105 Å². The van der Waals surface area contributed by atoms with E-state index in [1.165, 1.54) is 96.0 Å². The molecular formula is C97H169N5O47. The van der Waals surface area contributed by atoms with Crippen molar-refractivity contribution in [2.45, 2.75) is 497 Å². The number of allylic oxidation sites excluding steroid dienone is 1. The number of hydrogen-bond donors (Lipinski definition) is 30. The maximum absolute atomic E-state index is 14.4. The number of nitrogens with one attached hydrogen (secondary N) is 5. The van der Waals surface area contributed by atoms with Gasteiger partial charge in [-0.25, -0.2) is 14.4 Å². The van der Waals surface area contributed by atoms with Crippen molar-refractivity contribution in [2.24, 2.45) is 0 Å². The van der Waals surface area contributed by atoms with Crippen molar-refractivity contribution in [1.82, 2.24) is 26.6 Å². The zero-order chi connectivity index (χ0) is 110. The monoisotopic (exact) mass is 2160 g/mol. The van der Waals surface area contributed by atoms with E-state index in [-0.39, 0.29) is 6.42 Å². The minimum atomic E-state index is -3.67. The van der Waals surface area contributed by atoms with Crippen molar-refractivity contribution < 1.29 is 232 Å². The molecule has 149 heavy (non-hydrogen) atoms. The van der Waals surface area contributed by atoms with Gasteiger partial charge >= 0.3 is 17.9 Å². The quantitative estimate of drug-likeness (QED) is 0.0199. The van der Waals surface area contributed by atoms with Crippen molar-refractivity contribution in [3.05, 3.63) is 12.2 Å². The number of carbonyl (C=O) groups is 8. The van der Waals surface area contributed by atoms with Crippen molar-refractivity contribution in [1.29, 1.82) is 0 Å². The maximum atomic E-state index is 14.4. The largest absolute Gasteiger partial charge is 0.477 e. The highest BCUT2D eigenvalue weighted by atomic mass is 16.8. The van der Waals surface area contributed by atoms with E-state index in [2.05, 4.69) is 40.4 Å². The van der Waals surface area contributed by atoms with E-state index >= 15 is 0 Å². The summed E-state index contributed by atoms with van der Waals surface area (Å²) in [6.45, 7) is -2.34. The average molecular weight is 2160 g/mol. The summed E-state index contributed by atoms with van der Waals surface area (Å²) < 4.78 is 85.3. The number of ether oxygens (including phenoxy) is 14. The Balaban J connectivity index is 1.28. The molecule has 0 aromatic heterocycles. The van der Waals surface area contributed by atoms with Gasteiger partial charge in [0.25, 0.3) is 17.4 Å². The molecule has 0 aromatic rings. The van der Waals surface area contributed by atoms with Gasteiger partial charge in [-0.05, 0) is 19.3 Å². The van der Waals surface area contributed by atoms with Crippen molar-refractivity contribution in [3.8, 4) is 0 Å². The minimum absolute atomic E-state index is 0.0465. The molecule has 7 fully saturated rings. The fourth-order valence-electron chi connectivity index (χ4n) is 19.7. The number of carbonyl (C=O) groups excluding carboxylic acids is 5. The second kappa shape index (κ2) is 64.7. The SMILES string of the molecule is CCCCCCCCCCCCC/C=C/[C@@H](O)[C@H](CO[C@@H]1OC(CO)[C@@H](O[C@@H]2OC(CO)[C@H](O[C@@H]3OC(CO[C@]4(C(=O)O)CC(O)[C@@H](NC(C)=O)C([C@H](O)[C@H](O)CO)O4)[C@H](O)[C@H](O[C@@H]4OC(CO)[C@H](O)[C@H](O[C@]5(C(=O)O)CC(O)[C@@H](NC(C)=O)C([C@H](O)[C@H](O)CO)O5)C4O)C3NC(C)=O)[C@H](O[C@]3(C(=O)O)CC(O)[C@@H](NC(C)=O)C([C@H](O)[C@H](O)CO)O3)C2O)[C@H](O)C1O)NC(=O)CCCCCCCCCCCCCCCCCCC. The average Bonchev–Trinajstić information content (AvgIpc) is 0.747. The van der Waals surface area contributed by atoms with Crippen molar-refractivity contribution in [3.63, 3.8) is 0 Å². The van der Waals surface area contributed by atoms with Crippen LogP contribution >= 0.6 is 0 Å². The van der Waals surface area contributed by atoms with Crippen LogP contribution in [0.15, 0.2) is 12.2 Å². The molecule has 0 bridgehead atoms. The summed E-state index contributed by atoms with van der Waals surface area (Å²) >= 11 is 0. The fraction of sp³-hybridized carbons (Fsp3) is 0.897. The number of aliphatic carboxylic acids is 3. The Hall–Kier alpha value is -5.94. The summed E-state index contributed by atoms with van der Waals surface area (Å²) in [5.41, 5.74) is 0. The van der Waals surface area contributed by atoms with Crippen LogP contribution in [0.4, 0.5) is 0 Å². The summed E-state index contributed by atoms with van der Waals surface area (Å²) in [7, 11) is 0. The third-order valence-electron chi connectivity index (χ3n) is 28.1. The molecule has 14 unspecified atom stereocenters. The first-order valence-corrected chi connectivity index (χ1v) is 52.4. The molecule has 30 N–H and O–H groups in total. The first kappa shape index (κ1) is 130. The fourth-order valence-corrected chi connectivity index (χ4v) is 19.7. The van der Waals surface area contributed by atoms with Crippen LogP contribution in [-0.4, -0.2) is 472 Å². The first-order chi connectivity index (χ1) is 70.8. The molecule has 0 aliphatic carbocycles. The predicted octanol–water partition coefficient (Wildman–Crippen LogP) is -5.91. The van der Waals surface area contributed by atoms with Crippen LogP contribution in [0, 0.1) is 0 Å². The van der Waals surface area contributed by atoms with Gasteiger partial charge in [-0.1, -0.05) is 193 Å². The molecule has 40 atom stereocenters. The summed E-state index contributed by atoms with van der Waals surface area (Å²) in [5.74, 6) is -22.0. The lowest BCUT2D eigenvalue weighted by Crippen LogP contribution is -2.73. The van der Waals surface area contributed by atoms with Gasteiger partial charge in [0.2, 0.25) is 29.5 Å². The van der Waals surface area contributed by atoms with E-state index in [1.54, 1.807) is 6.08 Å². The number of hydrogen-bond acceptors (Lipinski definition) is 44. The van der Waals surface area contributed by atoms with Crippen LogP contribution in [0.25, 0.3) is 0 Å². The Morgan fingerprint density at radius 1 is 0.362 bits per heavy atom. The smallest absolute Gasteiger partial charge is 0.364 e. The number of aliphatic hydroxyl groups is 22. The Labute approximate surface area is 865 Å². The van der Waals surface area contributed by atoms with Gasteiger partial charge in [0, 0.05) is 53.4 Å². The van der Waals surface area contributed by atoms with Gasteiger partial charge < -0.3 is 221 Å². The van der Waals surface area contributed by atoms with Crippen molar-refractivity contribution >= 4 is 47.4 Å². The highest BCUT2D eigenvalue weighted by molar-refractivity contribution is 5.79. The van der Waals surface area contributed by atoms with Gasteiger partial charge in [0.1, 0.15) is 153 Å². The molecule has 7 aliphatic rings. The zero-order valence-corrected chi connectivity index (χ0v) is 85.7. The Morgan fingerprint density at radius 2 is 0.698 bits per heavy atom. The normalized spacial score (nSPS) is 35.2. The number of rotatable bonds is 68. The number of carboxylic acids is 3. The van der Waals surface area contributed by atoms with E-state index in [1.807, 2.05) is 0 Å². The number of amides is 5. The van der Waals surface area contributed by atoms with E-state index in [4.69, 9.17) is 66.3 Å². The lowest BCUT2D eigenvalue weighted by molar-refractivity contribution is -0.406. The standard InChI is InChI=1S/C97H169N5O47/c1-7-9-11-13-15-17-19-21-22-23-24-26-28-30-32-34-36-38-66(120)102-54(55(113)37-35-33-31-29-27-25-20-18-16-14-12-10-8-2)48-136-89-77(127)76(126)80(63(46-107)139-89)142-91-79(129)87(149-97(94(134)135)41-58(116)69(100-52(5)111)85(147-97)73(123)61(119)44-105)81(64(47-108)140-91)143-88-70(101-53(6)112)82(75(125)65(141-88)49-137-95(92(130)131)39-56(114)67(98-50(3)109)83(145-95)71(121)59(117)42-103)144-90-78(128)86(74(124)62(45-106)138-90)148-96(93(132)133)40-57(115)68(99-51(4)110)84(146-96)72(122)60(118)43-104/h35,37,54-65,67-91,103-108,113-119,121-129H,7-34,36,38-49H2,1-6H3,(H,98,109)(H,99,110)(H,100,111)(H,101,112)(H,102,120)(H,130,131)(H,132,133)(H,134,135)/b37-35+/t54-,55+,56?,57?,58?,59+,60+,61+,62?,63?,64?,65?,67+,68+,69+,70?,71+,72+,73+,74-,75-,76+,77?,78?,79?,80+,81-,82+,83?,84?,85?,86-,87+,88-,89+,90-,91-,95+,96-,97-/m0/s1. The van der Waals surface area contributed by atoms with Crippen LogP contribution in [0.2, 0.25) is 0 Å². The molecule has 52 heteroatoms. The summed E-state index contributed by atoms with van der Waals surface area (Å²) in [6, 6.07) is -9.38. The molecule has 5 amide bonds. The summed E-state index contributed by atoms with van der Waals surface area (Å²) in [6.07, 6.45) is -46.3. The molecule has 0 aromatic carbocycles. The van der Waals surface area contributed by atoms with E-state index in [0.717, 1.165) is 111 Å². The van der Waals surface area contributed by atoms with E-state index < -0.39 is 363 Å². The lowest BCUT2D eigenvalue weighted by Gasteiger charge is -2.53. The van der Waals surface area contributed by atoms with Gasteiger partial charge in [-0.2, -0.15) is 0 Å². The third-order valence-corrected chi connectivity index (χ3v) is 28.1. The summed E-state index contributed by atoms with van der Waals surface area (Å²) in [5, 5.41) is 298. The molecule has 7 heterocycles. The minimum Gasteiger partial charge on any atom is -0.477 e.